The lowest BCUT2D eigenvalue weighted by atomic mass is 9.65. The summed E-state index contributed by atoms with van der Waals surface area (Å²) in [6, 6.07) is 8.78. The Morgan fingerprint density at radius 2 is 2.04 bits per heavy atom. The number of hydrogen-bond acceptors (Lipinski definition) is 2. The van der Waals surface area contributed by atoms with Crippen molar-refractivity contribution in [1.82, 2.24) is 5.32 Å². The van der Waals surface area contributed by atoms with Crippen molar-refractivity contribution in [3.8, 4) is 0 Å². The highest BCUT2D eigenvalue weighted by Gasteiger charge is 2.40. The van der Waals surface area contributed by atoms with Crippen molar-refractivity contribution in [1.29, 1.82) is 0 Å². The van der Waals surface area contributed by atoms with Crippen LogP contribution in [-0.4, -0.2) is 18.0 Å². The summed E-state index contributed by atoms with van der Waals surface area (Å²) in [6.45, 7) is 2.09. The van der Waals surface area contributed by atoms with E-state index in [9.17, 15) is 4.79 Å². The standard InChI is InChI=1S/C19H27BrN2O/c1-12(8-13-4-2-7-17(20)9-13)22-19(23)16-10-14-5-3-6-15(11-16)18(14)21/h2,4,7,9,12,14-16,18H,3,5-6,8,10-11,21H2,1H3,(H,22,23). The number of fused-ring (bicyclic) bond motifs is 2. The first-order chi connectivity index (χ1) is 11.0. The van der Waals surface area contributed by atoms with E-state index in [1.807, 2.05) is 12.1 Å². The predicted molar refractivity (Wildman–Crippen MR) is 97.0 cm³/mol. The van der Waals surface area contributed by atoms with Gasteiger partial charge in [0.1, 0.15) is 0 Å². The van der Waals surface area contributed by atoms with E-state index < -0.39 is 0 Å². The fourth-order valence-electron chi connectivity index (χ4n) is 4.43. The molecule has 0 saturated heterocycles. The van der Waals surface area contributed by atoms with E-state index >= 15 is 0 Å². The first-order valence-corrected chi connectivity index (χ1v) is 9.62. The zero-order chi connectivity index (χ0) is 16.4. The van der Waals surface area contributed by atoms with Gasteiger partial charge in [-0.3, -0.25) is 4.79 Å². The predicted octanol–water partition coefficient (Wildman–Crippen LogP) is 3.65. The maximum Gasteiger partial charge on any atom is 0.223 e. The molecule has 3 N–H and O–H groups in total. The fourth-order valence-corrected chi connectivity index (χ4v) is 4.88. The van der Waals surface area contributed by atoms with Gasteiger partial charge in [-0.05, 0) is 68.6 Å². The van der Waals surface area contributed by atoms with Gasteiger partial charge in [-0.15, -0.1) is 0 Å². The third kappa shape index (κ3) is 4.16. The molecular weight excluding hydrogens is 352 g/mol. The van der Waals surface area contributed by atoms with E-state index in [0.717, 1.165) is 23.7 Å². The second-order valence-corrected chi connectivity index (χ2v) is 8.36. The minimum Gasteiger partial charge on any atom is -0.353 e. The molecule has 0 heterocycles. The number of nitrogens with two attached hydrogens (primary N) is 1. The molecule has 2 bridgehead atoms. The van der Waals surface area contributed by atoms with Crippen LogP contribution in [0.4, 0.5) is 0 Å². The number of rotatable bonds is 4. The summed E-state index contributed by atoms with van der Waals surface area (Å²) in [7, 11) is 0. The smallest absolute Gasteiger partial charge is 0.223 e. The van der Waals surface area contributed by atoms with Crippen molar-refractivity contribution in [2.45, 2.75) is 57.5 Å². The van der Waals surface area contributed by atoms with Crippen LogP contribution in [0.1, 0.15) is 44.6 Å². The second-order valence-electron chi connectivity index (χ2n) is 7.44. The molecule has 3 unspecified atom stereocenters. The average Bonchev–Trinajstić information content (AvgIpc) is 2.46. The number of hydrogen-bond donors (Lipinski definition) is 2. The molecule has 126 valence electrons. The van der Waals surface area contributed by atoms with Gasteiger partial charge in [-0.25, -0.2) is 0 Å². The van der Waals surface area contributed by atoms with Crippen LogP contribution in [-0.2, 0) is 11.2 Å². The molecule has 2 aliphatic rings. The Morgan fingerprint density at radius 1 is 1.35 bits per heavy atom. The van der Waals surface area contributed by atoms with Crippen molar-refractivity contribution < 1.29 is 4.79 Å². The Hall–Kier alpha value is -0.870. The molecule has 0 aromatic heterocycles. The molecule has 1 aromatic rings. The Balaban J connectivity index is 1.54. The lowest BCUT2D eigenvalue weighted by Crippen LogP contribution is -2.50. The molecule has 23 heavy (non-hydrogen) atoms. The monoisotopic (exact) mass is 378 g/mol. The van der Waals surface area contributed by atoms with Crippen molar-refractivity contribution in [3.63, 3.8) is 0 Å². The third-order valence-corrected chi connectivity index (χ3v) is 6.10. The lowest BCUT2D eigenvalue weighted by molar-refractivity contribution is -0.128. The molecular formula is C19H27BrN2O. The molecule has 3 rings (SSSR count). The number of nitrogens with one attached hydrogen (secondary N) is 1. The van der Waals surface area contributed by atoms with Gasteiger partial charge < -0.3 is 11.1 Å². The summed E-state index contributed by atoms with van der Waals surface area (Å²) < 4.78 is 1.09. The molecule has 0 aliphatic heterocycles. The van der Waals surface area contributed by atoms with Gasteiger partial charge in [0.25, 0.3) is 0 Å². The average molecular weight is 379 g/mol. The number of amides is 1. The minimum absolute atomic E-state index is 0.159. The van der Waals surface area contributed by atoms with Crippen LogP contribution in [0.15, 0.2) is 28.7 Å². The molecule has 2 saturated carbocycles. The molecule has 0 radical (unpaired) electrons. The molecule has 0 spiro atoms. The van der Waals surface area contributed by atoms with E-state index in [1.165, 1.54) is 24.8 Å². The second kappa shape index (κ2) is 7.35. The first-order valence-electron chi connectivity index (χ1n) is 8.83. The third-order valence-electron chi connectivity index (χ3n) is 5.60. The lowest BCUT2D eigenvalue weighted by Gasteiger charge is -2.43. The van der Waals surface area contributed by atoms with Crippen molar-refractivity contribution in [3.05, 3.63) is 34.3 Å². The number of halogens is 1. The van der Waals surface area contributed by atoms with Crippen LogP contribution in [0.2, 0.25) is 0 Å². The van der Waals surface area contributed by atoms with Crippen LogP contribution in [0.5, 0.6) is 0 Å². The largest absolute Gasteiger partial charge is 0.353 e. The topological polar surface area (TPSA) is 55.1 Å². The minimum atomic E-state index is 0.159. The van der Waals surface area contributed by atoms with Gasteiger partial charge in [0.15, 0.2) is 0 Å². The first kappa shape index (κ1) is 17.0. The molecule has 3 atom stereocenters. The molecule has 2 aliphatic carbocycles. The molecule has 2 fully saturated rings. The summed E-state index contributed by atoms with van der Waals surface area (Å²) >= 11 is 3.50. The normalized spacial score (nSPS) is 31.4. The van der Waals surface area contributed by atoms with Gasteiger partial charge in [-0.2, -0.15) is 0 Å². The Morgan fingerprint density at radius 3 is 2.70 bits per heavy atom. The Labute approximate surface area is 147 Å². The SMILES string of the molecule is CC(Cc1cccc(Br)c1)NC(=O)C1CC2CCCC(C1)C2N. The van der Waals surface area contributed by atoms with E-state index in [0.29, 0.717) is 17.9 Å². The number of carbonyl (C=O) groups is 1. The van der Waals surface area contributed by atoms with Gasteiger partial charge in [0.05, 0.1) is 0 Å². The summed E-state index contributed by atoms with van der Waals surface area (Å²) in [4.78, 5) is 12.6. The van der Waals surface area contributed by atoms with E-state index in [4.69, 9.17) is 5.73 Å². The molecule has 3 nitrogen and oxygen atoms in total. The summed E-state index contributed by atoms with van der Waals surface area (Å²) in [5.74, 6) is 1.50. The molecule has 1 amide bonds. The highest BCUT2D eigenvalue weighted by Crippen LogP contribution is 2.41. The molecule has 1 aromatic carbocycles. The van der Waals surface area contributed by atoms with Crippen LogP contribution < -0.4 is 11.1 Å². The zero-order valence-corrected chi connectivity index (χ0v) is 15.4. The molecule has 4 heteroatoms. The van der Waals surface area contributed by atoms with Gasteiger partial charge >= 0.3 is 0 Å². The van der Waals surface area contributed by atoms with Gasteiger partial charge in [0.2, 0.25) is 5.91 Å². The van der Waals surface area contributed by atoms with E-state index in [2.05, 4.69) is 40.3 Å². The maximum atomic E-state index is 12.6. The zero-order valence-electron chi connectivity index (χ0n) is 13.8. The van der Waals surface area contributed by atoms with Gasteiger partial charge in [-0.1, -0.05) is 34.5 Å². The van der Waals surface area contributed by atoms with Crippen molar-refractivity contribution in [2.24, 2.45) is 23.5 Å². The van der Waals surface area contributed by atoms with E-state index in [1.54, 1.807) is 0 Å². The van der Waals surface area contributed by atoms with Crippen molar-refractivity contribution in [2.75, 3.05) is 0 Å². The number of carbonyl (C=O) groups excluding carboxylic acids is 1. The summed E-state index contributed by atoms with van der Waals surface area (Å²) in [6.07, 6.45) is 6.52. The van der Waals surface area contributed by atoms with Crippen LogP contribution >= 0.6 is 15.9 Å². The summed E-state index contributed by atoms with van der Waals surface area (Å²) in [5.41, 5.74) is 7.57. The fraction of sp³-hybridized carbons (Fsp3) is 0.632. The van der Waals surface area contributed by atoms with Crippen LogP contribution in [0.3, 0.4) is 0 Å². The highest BCUT2D eigenvalue weighted by atomic mass is 79.9. The Kier molecular flexibility index (Phi) is 5.42. The summed E-state index contributed by atoms with van der Waals surface area (Å²) in [5, 5.41) is 3.23. The quantitative estimate of drug-likeness (QED) is 0.839. The highest BCUT2D eigenvalue weighted by molar-refractivity contribution is 9.10. The van der Waals surface area contributed by atoms with Crippen LogP contribution in [0.25, 0.3) is 0 Å². The van der Waals surface area contributed by atoms with Gasteiger partial charge in [0, 0.05) is 22.5 Å². The number of benzene rings is 1. The van der Waals surface area contributed by atoms with Crippen LogP contribution in [0, 0.1) is 17.8 Å². The Bertz CT molecular complexity index is 548. The van der Waals surface area contributed by atoms with E-state index in [-0.39, 0.29) is 17.9 Å². The van der Waals surface area contributed by atoms with Crippen molar-refractivity contribution >= 4 is 21.8 Å². The maximum absolute atomic E-state index is 12.6.